The van der Waals surface area contributed by atoms with Crippen molar-refractivity contribution in [3.05, 3.63) is 35.6 Å². The van der Waals surface area contributed by atoms with Crippen LogP contribution >= 0.6 is 0 Å². The van der Waals surface area contributed by atoms with Gasteiger partial charge in [-0.25, -0.2) is 17.5 Å². The smallest absolute Gasteiger partial charge is 0.213 e. The molecule has 0 aromatic heterocycles. The second-order valence-electron chi connectivity index (χ2n) is 4.94. The van der Waals surface area contributed by atoms with Gasteiger partial charge < -0.3 is 5.32 Å². The molecule has 0 amide bonds. The Balaban J connectivity index is 1.87. The van der Waals surface area contributed by atoms with Crippen LogP contribution in [-0.2, 0) is 10.0 Å². The molecule has 19 heavy (non-hydrogen) atoms. The Morgan fingerprint density at radius 3 is 2.79 bits per heavy atom. The molecule has 1 saturated carbocycles. The van der Waals surface area contributed by atoms with E-state index in [4.69, 9.17) is 0 Å². The maximum absolute atomic E-state index is 13.1. The molecule has 1 atom stereocenters. The van der Waals surface area contributed by atoms with E-state index in [0.29, 0.717) is 18.2 Å². The summed E-state index contributed by atoms with van der Waals surface area (Å²) in [7, 11) is -3.34. The van der Waals surface area contributed by atoms with Crippen LogP contribution in [0.5, 0.6) is 0 Å². The van der Waals surface area contributed by atoms with Gasteiger partial charge in [-0.2, -0.15) is 0 Å². The topological polar surface area (TPSA) is 58.2 Å². The highest BCUT2D eigenvalue weighted by atomic mass is 32.2. The lowest BCUT2D eigenvalue weighted by Gasteiger charge is -2.15. The van der Waals surface area contributed by atoms with Gasteiger partial charge in [-0.3, -0.25) is 0 Å². The Morgan fingerprint density at radius 1 is 1.42 bits per heavy atom. The zero-order chi connectivity index (χ0) is 13.9. The predicted octanol–water partition coefficient (Wildman–Crippen LogP) is 1.56. The maximum atomic E-state index is 13.1. The van der Waals surface area contributed by atoms with Gasteiger partial charge in [0.2, 0.25) is 10.0 Å². The Hall–Kier alpha value is -0.980. The molecule has 1 aromatic rings. The van der Waals surface area contributed by atoms with Crippen LogP contribution in [0.3, 0.4) is 0 Å². The second kappa shape index (κ2) is 5.98. The number of hydrogen-bond donors (Lipinski definition) is 2. The van der Waals surface area contributed by atoms with E-state index in [1.165, 1.54) is 12.1 Å². The van der Waals surface area contributed by atoms with Crippen molar-refractivity contribution in [2.24, 2.45) is 0 Å². The van der Waals surface area contributed by atoms with Crippen molar-refractivity contribution in [1.29, 1.82) is 0 Å². The average molecular weight is 286 g/mol. The molecule has 0 spiro atoms. The fourth-order valence-electron chi connectivity index (χ4n) is 1.86. The molecular formula is C13H19FN2O2S. The van der Waals surface area contributed by atoms with Gasteiger partial charge in [-0.15, -0.1) is 0 Å². The van der Waals surface area contributed by atoms with E-state index in [9.17, 15) is 12.8 Å². The van der Waals surface area contributed by atoms with E-state index in [1.807, 2.05) is 0 Å². The van der Waals surface area contributed by atoms with Crippen LogP contribution in [0.25, 0.3) is 0 Å². The summed E-state index contributed by atoms with van der Waals surface area (Å²) in [6.45, 7) is 2.16. The van der Waals surface area contributed by atoms with Gasteiger partial charge in [0.1, 0.15) is 5.82 Å². The summed E-state index contributed by atoms with van der Waals surface area (Å²) in [5, 5.41) is 3.16. The fraction of sp³-hybridized carbons (Fsp3) is 0.538. The lowest BCUT2D eigenvalue weighted by Crippen LogP contribution is -2.34. The maximum Gasteiger partial charge on any atom is 0.213 e. The third kappa shape index (κ3) is 4.89. The first kappa shape index (κ1) is 14.4. The van der Waals surface area contributed by atoms with Crippen LogP contribution in [0.4, 0.5) is 4.39 Å². The summed E-state index contributed by atoms with van der Waals surface area (Å²) in [5.41, 5.74) is 0.624. The van der Waals surface area contributed by atoms with Crippen LogP contribution in [0.15, 0.2) is 24.3 Å². The molecular weight excluding hydrogens is 267 g/mol. The van der Waals surface area contributed by atoms with Crippen molar-refractivity contribution in [2.45, 2.75) is 31.8 Å². The van der Waals surface area contributed by atoms with Crippen LogP contribution < -0.4 is 10.0 Å². The van der Waals surface area contributed by atoms with Gasteiger partial charge in [-0.1, -0.05) is 12.1 Å². The van der Waals surface area contributed by atoms with Gasteiger partial charge >= 0.3 is 0 Å². The van der Waals surface area contributed by atoms with E-state index in [-0.39, 0.29) is 11.6 Å². The monoisotopic (exact) mass is 286 g/mol. The van der Waals surface area contributed by atoms with Gasteiger partial charge in [0.25, 0.3) is 0 Å². The highest BCUT2D eigenvalue weighted by Gasteiger charge is 2.22. The van der Waals surface area contributed by atoms with Gasteiger partial charge in [0, 0.05) is 18.6 Å². The summed E-state index contributed by atoms with van der Waals surface area (Å²) >= 11 is 0. The van der Waals surface area contributed by atoms with Crippen LogP contribution in [-0.4, -0.2) is 26.8 Å². The summed E-state index contributed by atoms with van der Waals surface area (Å²) < 4.78 is 39.3. The van der Waals surface area contributed by atoms with Crippen LogP contribution in [0.2, 0.25) is 0 Å². The molecule has 1 unspecified atom stereocenters. The Morgan fingerprint density at radius 2 is 2.16 bits per heavy atom. The lowest BCUT2D eigenvalue weighted by molar-refractivity contribution is 0.560. The Labute approximate surface area is 113 Å². The largest absolute Gasteiger partial charge is 0.313 e. The van der Waals surface area contributed by atoms with Crippen LogP contribution in [0, 0.1) is 5.82 Å². The molecule has 0 heterocycles. The van der Waals surface area contributed by atoms with Crippen molar-refractivity contribution in [3.8, 4) is 0 Å². The first-order valence-corrected chi connectivity index (χ1v) is 8.10. The fourth-order valence-corrected chi connectivity index (χ4v) is 3.04. The van der Waals surface area contributed by atoms with E-state index in [2.05, 4.69) is 10.0 Å². The van der Waals surface area contributed by atoms with Crippen molar-refractivity contribution < 1.29 is 12.8 Å². The minimum absolute atomic E-state index is 0.0448. The molecule has 1 aliphatic rings. The van der Waals surface area contributed by atoms with Crippen molar-refractivity contribution in [1.82, 2.24) is 10.0 Å². The number of sulfonamides is 1. The molecule has 1 aromatic carbocycles. The quantitative estimate of drug-likeness (QED) is 0.799. The molecule has 2 rings (SSSR count). The van der Waals surface area contributed by atoms with Crippen molar-refractivity contribution in [3.63, 3.8) is 0 Å². The van der Waals surface area contributed by atoms with Crippen LogP contribution in [0.1, 0.15) is 31.4 Å². The second-order valence-corrected chi connectivity index (χ2v) is 6.82. The van der Waals surface area contributed by atoms with E-state index in [0.717, 1.165) is 12.8 Å². The Bertz CT molecular complexity index is 529. The van der Waals surface area contributed by atoms with Crippen molar-refractivity contribution in [2.75, 3.05) is 12.3 Å². The minimum atomic E-state index is -3.34. The first-order valence-electron chi connectivity index (χ1n) is 6.45. The van der Waals surface area contributed by atoms with E-state index < -0.39 is 16.1 Å². The molecule has 2 N–H and O–H groups in total. The lowest BCUT2D eigenvalue weighted by atomic mass is 10.1. The Kier molecular flexibility index (Phi) is 4.54. The molecule has 1 fully saturated rings. The standard InChI is InChI=1S/C13H19FN2O2S/c1-10(11-3-2-4-12(14)9-11)16-19(17,18)8-7-15-13-5-6-13/h2-4,9-10,13,15-16H,5-8H2,1H3. The molecule has 4 nitrogen and oxygen atoms in total. The summed E-state index contributed by atoms with van der Waals surface area (Å²) in [5.74, 6) is -0.317. The van der Waals surface area contributed by atoms with E-state index >= 15 is 0 Å². The third-order valence-corrected chi connectivity index (χ3v) is 4.54. The summed E-state index contributed by atoms with van der Waals surface area (Å²) in [4.78, 5) is 0. The van der Waals surface area contributed by atoms with Gasteiger partial charge in [0.05, 0.1) is 5.75 Å². The highest BCUT2D eigenvalue weighted by molar-refractivity contribution is 7.89. The highest BCUT2D eigenvalue weighted by Crippen LogP contribution is 2.18. The summed E-state index contributed by atoms with van der Waals surface area (Å²) in [6.07, 6.45) is 2.26. The number of hydrogen-bond acceptors (Lipinski definition) is 3. The average Bonchev–Trinajstić information content (AvgIpc) is 3.12. The molecule has 0 radical (unpaired) electrons. The number of rotatable bonds is 7. The predicted molar refractivity (Wildman–Crippen MR) is 72.8 cm³/mol. The molecule has 1 aliphatic carbocycles. The van der Waals surface area contributed by atoms with Crippen molar-refractivity contribution >= 4 is 10.0 Å². The molecule has 106 valence electrons. The molecule has 0 bridgehead atoms. The first-order chi connectivity index (χ1) is 8.96. The molecule has 0 saturated heterocycles. The molecule has 0 aliphatic heterocycles. The zero-order valence-electron chi connectivity index (χ0n) is 10.9. The number of halogens is 1. The SMILES string of the molecule is CC(NS(=O)(=O)CCNC1CC1)c1cccc(F)c1. The number of nitrogens with one attached hydrogen (secondary N) is 2. The van der Waals surface area contributed by atoms with Gasteiger partial charge in [0.15, 0.2) is 0 Å². The zero-order valence-corrected chi connectivity index (χ0v) is 11.7. The minimum Gasteiger partial charge on any atom is -0.313 e. The van der Waals surface area contributed by atoms with E-state index in [1.54, 1.807) is 19.1 Å². The summed E-state index contributed by atoms with van der Waals surface area (Å²) in [6, 6.07) is 6.03. The third-order valence-electron chi connectivity index (χ3n) is 3.09. The van der Waals surface area contributed by atoms with Gasteiger partial charge in [-0.05, 0) is 37.5 Å². The molecule has 6 heteroatoms. The normalized spacial score (nSPS) is 17.4. The number of benzene rings is 1.